The van der Waals surface area contributed by atoms with Gasteiger partial charge in [0, 0.05) is 6.20 Å². The molecule has 26 heavy (non-hydrogen) atoms. The topological polar surface area (TPSA) is 72.7 Å². The van der Waals surface area contributed by atoms with Crippen molar-refractivity contribution in [1.29, 1.82) is 0 Å². The Labute approximate surface area is 151 Å². The number of nitrogens with one attached hydrogen (secondary N) is 1. The van der Waals surface area contributed by atoms with Crippen LogP contribution in [0.15, 0.2) is 47.4 Å². The molecule has 6 heteroatoms. The van der Waals surface area contributed by atoms with E-state index >= 15 is 0 Å². The van der Waals surface area contributed by atoms with Crippen molar-refractivity contribution < 1.29 is 9.53 Å². The number of fused-ring (bicyclic) bond motifs is 1. The average molecular weight is 351 g/mol. The van der Waals surface area contributed by atoms with Gasteiger partial charge in [-0.3, -0.25) is 14.0 Å². The fourth-order valence-electron chi connectivity index (χ4n) is 2.65. The van der Waals surface area contributed by atoms with E-state index in [1.54, 1.807) is 38.2 Å². The quantitative estimate of drug-likeness (QED) is 0.784. The van der Waals surface area contributed by atoms with Crippen molar-refractivity contribution in [2.75, 3.05) is 5.32 Å². The van der Waals surface area contributed by atoms with Crippen LogP contribution < -0.4 is 15.6 Å². The Balaban J connectivity index is 1.84. The Morgan fingerprint density at radius 1 is 1.19 bits per heavy atom. The fraction of sp³-hybridized carbons (Fsp3) is 0.250. The molecule has 1 atom stereocenters. The molecule has 0 bridgehead atoms. The summed E-state index contributed by atoms with van der Waals surface area (Å²) in [4.78, 5) is 29.5. The lowest BCUT2D eigenvalue weighted by molar-refractivity contribution is -0.122. The molecule has 1 N–H and O–H groups in total. The van der Waals surface area contributed by atoms with Crippen LogP contribution in [0.5, 0.6) is 5.75 Å². The number of hydrogen-bond acceptors (Lipinski definition) is 4. The first kappa shape index (κ1) is 17.7. The van der Waals surface area contributed by atoms with E-state index in [-0.39, 0.29) is 11.2 Å². The van der Waals surface area contributed by atoms with Crippen molar-refractivity contribution in [3.63, 3.8) is 0 Å². The minimum Gasteiger partial charge on any atom is -0.481 e. The van der Waals surface area contributed by atoms with Crippen molar-refractivity contribution in [2.24, 2.45) is 0 Å². The summed E-state index contributed by atoms with van der Waals surface area (Å²) < 4.78 is 7.19. The number of ether oxygens (including phenoxy) is 1. The van der Waals surface area contributed by atoms with E-state index in [4.69, 9.17) is 4.74 Å². The molecule has 2 heterocycles. The minimum atomic E-state index is -0.759. The largest absolute Gasteiger partial charge is 0.481 e. The van der Waals surface area contributed by atoms with Gasteiger partial charge >= 0.3 is 0 Å². The number of amides is 1. The molecule has 0 aliphatic heterocycles. The highest BCUT2D eigenvalue weighted by Gasteiger charge is 2.19. The number of carbonyl (C=O) groups is 1. The summed E-state index contributed by atoms with van der Waals surface area (Å²) >= 11 is 0. The number of hydrogen-bond donors (Lipinski definition) is 1. The maximum atomic E-state index is 12.6. The third kappa shape index (κ3) is 3.44. The number of nitrogens with zero attached hydrogens (tertiary/aromatic N) is 2. The Morgan fingerprint density at radius 3 is 2.73 bits per heavy atom. The van der Waals surface area contributed by atoms with Crippen LogP contribution in [-0.4, -0.2) is 21.4 Å². The van der Waals surface area contributed by atoms with Crippen LogP contribution in [0.2, 0.25) is 0 Å². The number of anilines is 1. The van der Waals surface area contributed by atoms with Crippen molar-refractivity contribution in [3.05, 3.63) is 69.8 Å². The Morgan fingerprint density at radius 2 is 1.96 bits per heavy atom. The van der Waals surface area contributed by atoms with Crippen molar-refractivity contribution >= 4 is 17.2 Å². The predicted molar refractivity (Wildman–Crippen MR) is 101 cm³/mol. The second-order valence-electron chi connectivity index (χ2n) is 6.32. The van der Waals surface area contributed by atoms with Gasteiger partial charge in [0.25, 0.3) is 11.5 Å². The molecule has 1 amide bonds. The highest BCUT2D eigenvalue weighted by atomic mass is 16.5. The van der Waals surface area contributed by atoms with E-state index in [0.29, 0.717) is 17.1 Å². The highest BCUT2D eigenvalue weighted by Crippen LogP contribution is 2.21. The van der Waals surface area contributed by atoms with Crippen LogP contribution in [-0.2, 0) is 4.79 Å². The molecule has 0 radical (unpaired) electrons. The Kier molecular flexibility index (Phi) is 4.75. The van der Waals surface area contributed by atoms with Gasteiger partial charge in [-0.2, -0.15) is 0 Å². The molecule has 0 fully saturated rings. The van der Waals surface area contributed by atoms with Crippen LogP contribution >= 0.6 is 0 Å². The Hall–Kier alpha value is -3.15. The number of aryl methyl sites for hydroxylation is 3. The van der Waals surface area contributed by atoms with Crippen LogP contribution in [0, 0.1) is 20.8 Å². The highest BCUT2D eigenvalue weighted by molar-refractivity contribution is 5.94. The molecule has 0 aliphatic carbocycles. The second kappa shape index (κ2) is 7.00. The van der Waals surface area contributed by atoms with Gasteiger partial charge in [-0.1, -0.05) is 18.2 Å². The smallest absolute Gasteiger partial charge is 0.281 e. The molecule has 1 aromatic carbocycles. The lowest BCUT2D eigenvalue weighted by Crippen LogP contribution is -2.33. The molecule has 3 aromatic rings. The number of rotatable bonds is 4. The van der Waals surface area contributed by atoms with E-state index in [1.165, 1.54) is 4.40 Å². The van der Waals surface area contributed by atoms with Gasteiger partial charge < -0.3 is 10.1 Å². The first-order chi connectivity index (χ1) is 12.4. The summed E-state index contributed by atoms with van der Waals surface area (Å²) in [5, 5.41) is 2.66. The summed E-state index contributed by atoms with van der Waals surface area (Å²) in [5.74, 6) is 0.251. The zero-order chi connectivity index (χ0) is 18.8. The summed E-state index contributed by atoms with van der Waals surface area (Å²) in [6.45, 7) is 7.23. The molecule has 1 unspecified atom stereocenters. The van der Waals surface area contributed by atoms with Crippen molar-refractivity contribution in [2.45, 2.75) is 33.8 Å². The minimum absolute atomic E-state index is 0.162. The van der Waals surface area contributed by atoms with E-state index in [1.807, 2.05) is 32.0 Å². The van der Waals surface area contributed by atoms with Crippen molar-refractivity contribution in [3.8, 4) is 5.75 Å². The maximum absolute atomic E-state index is 12.6. The van der Waals surface area contributed by atoms with Gasteiger partial charge in [-0.25, -0.2) is 4.98 Å². The summed E-state index contributed by atoms with van der Waals surface area (Å²) in [5.41, 5.74) is 2.83. The lowest BCUT2D eigenvalue weighted by Gasteiger charge is -2.17. The molecule has 2 aromatic heterocycles. The standard InChI is InChI=1S/C20H21N3O3/c1-12-8-9-13(2)16(11-12)26-15(4)19(24)22-18-14(3)21-17-7-5-6-10-23(17)20(18)25/h5-11,15H,1-4H3,(H,22,24). The Bertz CT molecular complexity index is 1040. The molecule has 3 rings (SSSR count). The zero-order valence-corrected chi connectivity index (χ0v) is 15.2. The third-order valence-corrected chi connectivity index (χ3v) is 4.18. The summed E-state index contributed by atoms with van der Waals surface area (Å²) in [6.07, 6.45) is 0.862. The number of benzene rings is 1. The fourth-order valence-corrected chi connectivity index (χ4v) is 2.65. The third-order valence-electron chi connectivity index (χ3n) is 4.18. The summed E-state index contributed by atoms with van der Waals surface area (Å²) in [7, 11) is 0. The summed E-state index contributed by atoms with van der Waals surface area (Å²) in [6, 6.07) is 11.1. The molecular weight excluding hydrogens is 330 g/mol. The molecule has 0 aliphatic rings. The van der Waals surface area contributed by atoms with E-state index in [2.05, 4.69) is 10.3 Å². The number of pyridine rings is 1. The zero-order valence-electron chi connectivity index (χ0n) is 15.2. The van der Waals surface area contributed by atoms with Gasteiger partial charge in [0.05, 0.1) is 5.69 Å². The molecule has 0 spiro atoms. The van der Waals surface area contributed by atoms with Gasteiger partial charge in [-0.05, 0) is 57.0 Å². The SMILES string of the molecule is Cc1ccc(C)c(OC(C)C(=O)Nc2c(C)nc3ccccn3c2=O)c1. The average Bonchev–Trinajstić information content (AvgIpc) is 2.61. The molecule has 134 valence electrons. The second-order valence-corrected chi connectivity index (χ2v) is 6.32. The van der Waals surface area contributed by atoms with Gasteiger partial charge in [0.1, 0.15) is 17.1 Å². The van der Waals surface area contributed by atoms with Crippen LogP contribution in [0.25, 0.3) is 5.65 Å². The lowest BCUT2D eigenvalue weighted by atomic mass is 10.1. The van der Waals surface area contributed by atoms with Crippen LogP contribution in [0.3, 0.4) is 0 Å². The normalized spacial score (nSPS) is 12.0. The van der Waals surface area contributed by atoms with Crippen molar-refractivity contribution in [1.82, 2.24) is 9.38 Å². The molecule has 6 nitrogen and oxygen atoms in total. The van der Waals surface area contributed by atoms with Gasteiger partial charge in [-0.15, -0.1) is 0 Å². The first-order valence-corrected chi connectivity index (χ1v) is 8.39. The van der Waals surface area contributed by atoms with E-state index in [9.17, 15) is 9.59 Å². The molecule has 0 saturated carbocycles. The van der Waals surface area contributed by atoms with Gasteiger partial charge in [0.2, 0.25) is 0 Å². The molecule has 0 saturated heterocycles. The van der Waals surface area contributed by atoms with E-state index in [0.717, 1.165) is 11.1 Å². The maximum Gasteiger partial charge on any atom is 0.281 e. The van der Waals surface area contributed by atoms with E-state index < -0.39 is 12.0 Å². The monoisotopic (exact) mass is 351 g/mol. The molecular formula is C20H21N3O3. The predicted octanol–water partition coefficient (Wildman–Crippen LogP) is 3.03. The first-order valence-electron chi connectivity index (χ1n) is 8.39. The van der Waals surface area contributed by atoms with Crippen LogP contribution in [0.4, 0.5) is 5.69 Å². The number of carbonyl (C=O) groups excluding carboxylic acids is 1. The number of aromatic nitrogens is 2. The van der Waals surface area contributed by atoms with Crippen LogP contribution in [0.1, 0.15) is 23.7 Å². The van der Waals surface area contributed by atoms with Gasteiger partial charge in [0.15, 0.2) is 6.10 Å².